The normalized spacial score (nSPS) is 14.7. The number of anilines is 1. The zero-order chi connectivity index (χ0) is 17.2. The fourth-order valence-corrected chi connectivity index (χ4v) is 2.91. The van der Waals surface area contributed by atoms with E-state index in [0.717, 1.165) is 16.8 Å². The van der Waals surface area contributed by atoms with Gasteiger partial charge in [-0.05, 0) is 29.8 Å². The van der Waals surface area contributed by atoms with Crippen LogP contribution in [-0.2, 0) is 0 Å². The molecule has 25 heavy (non-hydrogen) atoms. The van der Waals surface area contributed by atoms with E-state index < -0.39 is 0 Å². The molecule has 122 valence electrons. The van der Waals surface area contributed by atoms with Crippen molar-refractivity contribution < 1.29 is 4.79 Å². The second-order valence-electron chi connectivity index (χ2n) is 5.69. The number of nitrogens with zero attached hydrogens (tertiary/aromatic N) is 4. The Balaban J connectivity index is 1.85. The third-order valence-corrected chi connectivity index (χ3v) is 4.13. The summed E-state index contributed by atoms with van der Waals surface area (Å²) in [6, 6.07) is 17.3. The van der Waals surface area contributed by atoms with E-state index in [9.17, 15) is 4.79 Å². The summed E-state index contributed by atoms with van der Waals surface area (Å²) in [5.74, 6) is 0.600. The highest BCUT2D eigenvalue weighted by Gasteiger charge is 2.35. The van der Waals surface area contributed by atoms with Crippen LogP contribution in [0.5, 0.6) is 0 Å². The van der Waals surface area contributed by atoms with E-state index in [1.54, 1.807) is 34.7 Å². The van der Waals surface area contributed by atoms with Crippen LogP contribution in [-0.4, -0.2) is 27.9 Å². The summed E-state index contributed by atoms with van der Waals surface area (Å²) in [4.78, 5) is 21.5. The summed E-state index contributed by atoms with van der Waals surface area (Å²) in [7, 11) is 1.83. The first kappa shape index (κ1) is 15.1. The van der Waals surface area contributed by atoms with Gasteiger partial charge in [-0.2, -0.15) is 0 Å². The Labute approximate surface area is 145 Å². The van der Waals surface area contributed by atoms with Crippen molar-refractivity contribution in [1.82, 2.24) is 15.0 Å². The van der Waals surface area contributed by atoms with Gasteiger partial charge in [-0.3, -0.25) is 14.8 Å². The molecule has 0 spiro atoms. The fraction of sp³-hybridized carbons (Fsp3) is 0.0500. The number of fused-ring (bicyclic) bond motifs is 1. The lowest BCUT2D eigenvalue weighted by atomic mass is 10.1. The molecule has 0 fully saturated rings. The van der Waals surface area contributed by atoms with E-state index in [4.69, 9.17) is 0 Å². The molecule has 0 saturated carbocycles. The molecule has 0 bridgehead atoms. The van der Waals surface area contributed by atoms with Gasteiger partial charge in [0.25, 0.3) is 5.91 Å². The Morgan fingerprint density at radius 1 is 0.960 bits per heavy atom. The number of hydrazine groups is 1. The third-order valence-electron chi connectivity index (χ3n) is 4.13. The molecular weight excluding hydrogens is 312 g/mol. The lowest BCUT2D eigenvalue weighted by Gasteiger charge is -2.30. The van der Waals surface area contributed by atoms with Gasteiger partial charge in [-0.25, -0.2) is 9.99 Å². The molecule has 4 rings (SSSR count). The van der Waals surface area contributed by atoms with Crippen molar-refractivity contribution in [1.29, 1.82) is 0 Å². The molecule has 0 atom stereocenters. The molecule has 0 aliphatic carbocycles. The van der Waals surface area contributed by atoms with E-state index in [0.29, 0.717) is 11.4 Å². The molecular formula is C20H16N4O. The van der Waals surface area contributed by atoms with Gasteiger partial charge in [-0.15, -0.1) is 0 Å². The number of hydrogen-bond donors (Lipinski definition) is 0. The molecule has 5 nitrogen and oxygen atoms in total. The van der Waals surface area contributed by atoms with Crippen LogP contribution in [0.2, 0.25) is 0 Å². The van der Waals surface area contributed by atoms with Crippen LogP contribution in [0.4, 0.5) is 5.82 Å². The molecule has 3 heterocycles. The first-order chi connectivity index (χ1) is 12.3. The van der Waals surface area contributed by atoms with Crippen LogP contribution in [0.25, 0.3) is 11.8 Å². The monoisotopic (exact) mass is 328 g/mol. The highest BCUT2D eigenvalue weighted by molar-refractivity contribution is 6.12. The molecule has 5 heteroatoms. The summed E-state index contributed by atoms with van der Waals surface area (Å²) in [6.07, 6.45) is 7.07. The highest BCUT2D eigenvalue weighted by Crippen LogP contribution is 2.35. The Kier molecular flexibility index (Phi) is 3.74. The number of hydrogen-bond acceptors (Lipinski definition) is 4. The van der Waals surface area contributed by atoms with Crippen molar-refractivity contribution in [3.63, 3.8) is 0 Å². The third kappa shape index (κ3) is 2.65. The largest absolute Gasteiger partial charge is 0.277 e. The predicted octanol–water partition coefficient (Wildman–Crippen LogP) is 3.48. The standard InChI is InChI=1S/C20H16N4O/c1-23(19-9-5-6-11-22-19)24-18(13-15-7-3-2-4-8-15)17-14-21-12-10-16(17)20(24)25/h2-14H,1H3. The molecule has 2 aromatic heterocycles. The molecule has 0 unspecified atom stereocenters. The van der Waals surface area contributed by atoms with E-state index in [2.05, 4.69) is 9.97 Å². The van der Waals surface area contributed by atoms with E-state index in [1.165, 1.54) is 0 Å². The number of benzene rings is 1. The Hall–Kier alpha value is -3.47. The van der Waals surface area contributed by atoms with Crippen molar-refractivity contribution in [3.05, 3.63) is 89.9 Å². The highest BCUT2D eigenvalue weighted by atomic mass is 16.2. The van der Waals surface area contributed by atoms with E-state index in [-0.39, 0.29) is 5.91 Å². The van der Waals surface area contributed by atoms with Crippen molar-refractivity contribution in [3.8, 4) is 0 Å². The number of rotatable bonds is 3. The molecule has 1 aliphatic rings. The van der Waals surface area contributed by atoms with Crippen molar-refractivity contribution in [2.24, 2.45) is 0 Å². The molecule has 1 aromatic carbocycles. The minimum absolute atomic E-state index is 0.0901. The number of pyridine rings is 2. The van der Waals surface area contributed by atoms with Gasteiger partial charge in [0, 0.05) is 31.2 Å². The lowest BCUT2D eigenvalue weighted by molar-refractivity contribution is 0.0844. The van der Waals surface area contributed by atoms with Crippen LogP contribution >= 0.6 is 0 Å². The van der Waals surface area contributed by atoms with Gasteiger partial charge in [0.05, 0.1) is 11.3 Å². The van der Waals surface area contributed by atoms with Crippen molar-refractivity contribution in [2.45, 2.75) is 0 Å². The van der Waals surface area contributed by atoms with E-state index in [1.807, 2.05) is 61.7 Å². The van der Waals surface area contributed by atoms with Gasteiger partial charge in [0.15, 0.2) is 0 Å². The van der Waals surface area contributed by atoms with Gasteiger partial charge < -0.3 is 0 Å². The fourth-order valence-electron chi connectivity index (χ4n) is 2.91. The average molecular weight is 328 g/mol. The zero-order valence-corrected chi connectivity index (χ0v) is 13.7. The molecule has 0 radical (unpaired) electrons. The van der Waals surface area contributed by atoms with Crippen molar-refractivity contribution in [2.75, 3.05) is 12.1 Å². The minimum Gasteiger partial charge on any atom is -0.267 e. The first-order valence-corrected chi connectivity index (χ1v) is 7.96. The summed E-state index contributed by atoms with van der Waals surface area (Å²) >= 11 is 0. The first-order valence-electron chi connectivity index (χ1n) is 7.96. The van der Waals surface area contributed by atoms with Crippen LogP contribution in [0, 0.1) is 0 Å². The number of carbonyl (C=O) groups excluding carboxylic acids is 1. The van der Waals surface area contributed by atoms with Crippen molar-refractivity contribution >= 4 is 23.5 Å². The lowest BCUT2D eigenvalue weighted by Crippen LogP contribution is -2.39. The van der Waals surface area contributed by atoms with Gasteiger partial charge in [0.2, 0.25) is 0 Å². The summed E-state index contributed by atoms with van der Waals surface area (Å²) in [5.41, 5.74) is 3.26. The van der Waals surface area contributed by atoms with Crippen LogP contribution in [0.3, 0.4) is 0 Å². The number of carbonyl (C=O) groups is 1. The Morgan fingerprint density at radius 2 is 1.76 bits per heavy atom. The minimum atomic E-state index is -0.0901. The molecule has 0 N–H and O–H groups in total. The van der Waals surface area contributed by atoms with Crippen LogP contribution in [0.1, 0.15) is 21.5 Å². The topological polar surface area (TPSA) is 49.3 Å². The maximum atomic E-state index is 13.0. The smallest absolute Gasteiger partial charge is 0.267 e. The van der Waals surface area contributed by atoms with Gasteiger partial charge in [-0.1, -0.05) is 36.4 Å². The summed E-state index contributed by atoms with van der Waals surface area (Å²) in [6.45, 7) is 0. The van der Waals surface area contributed by atoms with Gasteiger partial charge in [0.1, 0.15) is 5.82 Å². The number of amides is 1. The summed E-state index contributed by atoms with van der Waals surface area (Å²) < 4.78 is 0. The van der Waals surface area contributed by atoms with Crippen LogP contribution < -0.4 is 5.01 Å². The average Bonchev–Trinajstić information content (AvgIpc) is 2.95. The van der Waals surface area contributed by atoms with Gasteiger partial charge >= 0.3 is 0 Å². The SMILES string of the molecule is CN(c1ccccn1)N1C(=O)c2ccncc2C1=Cc1ccccc1. The molecule has 3 aromatic rings. The Morgan fingerprint density at radius 3 is 2.52 bits per heavy atom. The molecule has 0 saturated heterocycles. The molecule has 1 amide bonds. The van der Waals surface area contributed by atoms with E-state index >= 15 is 0 Å². The zero-order valence-electron chi connectivity index (χ0n) is 13.7. The maximum Gasteiger partial charge on any atom is 0.277 e. The second kappa shape index (κ2) is 6.20. The second-order valence-corrected chi connectivity index (χ2v) is 5.69. The van der Waals surface area contributed by atoms with Crippen LogP contribution in [0.15, 0.2) is 73.2 Å². The summed E-state index contributed by atoms with van der Waals surface area (Å²) in [5, 5.41) is 3.40. The maximum absolute atomic E-state index is 13.0. The quantitative estimate of drug-likeness (QED) is 0.738. The Bertz CT molecular complexity index is 938. The number of aromatic nitrogens is 2. The predicted molar refractivity (Wildman–Crippen MR) is 97.4 cm³/mol. The molecule has 1 aliphatic heterocycles.